The van der Waals surface area contributed by atoms with E-state index in [9.17, 15) is 20.0 Å². The van der Waals surface area contributed by atoms with Gasteiger partial charge in [0.15, 0.2) is 0 Å². The predicted octanol–water partition coefficient (Wildman–Crippen LogP) is 2.04. The highest BCUT2D eigenvalue weighted by atomic mass is 16.6. The monoisotopic (exact) mass is 301 g/mol. The fourth-order valence-corrected chi connectivity index (χ4v) is 1.94. The van der Waals surface area contributed by atoms with Crippen molar-refractivity contribution in [2.24, 2.45) is 0 Å². The molecule has 0 atom stereocenters. The van der Waals surface area contributed by atoms with Gasteiger partial charge in [-0.1, -0.05) is 18.2 Å². The first kappa shape index (κ1) is 15.5. The number of amides is 1. The van der Waals surface area contributed by atoms with E-state index in [1.54, 1.807) is 12.1 Å². The van der Waals surface area contributed by atoms with E-state index in [1.165, 1.54) is 18.2 Å². The lowest BCUT2D eigenvalue weighted by Crippen LogP contribution is -2.37. The van der Waals surface area contributed by atoms with E-state index in [-0.39, 0.29) is 23.9 Å². The molecule has 22 heavy (non-hydrogen) atoms. The maximum atomic E-state index is 12.0. The summed E-state index contributed by atoms with van der Waals surface area (Å²) in [6.45, 7) is 1.88. The fraction of sp³-hybridized carbons (Fsp3) is 0.133. The van der Waals surface area contributed by atoms with Gasteiger partial charge in [0.05, 0.1) is 4.92 Å². The number of aromatic hydroxyl groups is 1. The molecular formula is C15H15N3O4. The van der Waals surface area contributed by atoms with Crippen molar-refractivity contribution in [3.05, 3.63) is 69.3 Å². The van der Waals surface area contributed by atoms with Crippen LogP contribution in [-0.4, -0.2) is 15.9 Å². The normalized spacial score (nSPS) is 10.2. The molecule has 114 valence electrons. The number of phenolic OH excluding ortho intramolecular Hbond substituents is 1. The van der Waals surface area contributed by atoms with Gasteiger partial charge in [0.2, 0.25) is 0 Å². The first-order chi connectivity index (χ1) is 10.5. The molecule has 0 fully saturated rings. The van der Waals surface area contributed by atoms with E-state index in [1.807, 2.05) is 19.1 Å². The molecule has 0 radical (unpaired) electrons. The maximum Gasteiger partial charge on any atom is 0.270 e. The van der Waals surface area contributed by atoms with Gasteiger partial charge in [-0.3, -0.25) is 20.3 Å². The smallest absolute Gasteiger partial charge is 0.270 e. The molecule has 0 saturated carbocycles. The van der Waals surface area contributed by atoms with Crippen LogP contribution in [0.4, 0.5) is 5.69 Å². The van der Waals surface area contributed by atoms with Crippen LogP contribution in [0.15, 0.2) is 42.5 Å². The molecule has 2 aromatic rings. The molecular weight excluding hydrogens is 286 g/mol. The molecule has 3 N–H and O–H groups in total. The number of carbonyl (C=O) groups is 1. The molecule has 0 spiro atoms. The summed E-state index contributed by atoms with van der Waals surface area (Å²) in [5.41, 5.74) is 6.70. The number of nitrogens with one attached hydrogen (secondary N) is 2. The summed E-state index contributed by atoms with van der Waals surface area (Å²) in [7, 11) is 0. The minimum atomic E-state index is -0.547. The molecule has 0 bridgehead atoms. The zero-order valence-electron chi connectivity index (χ0n) is 11.9. The number of phenols is 1. The molecule has 7 nitrogen and oxygen atoms in total. The Balaban J connectivity index is 1.99. The molecule has 0 aliphatic heterocycles. The largest absolute Gasteiger partial charge is 0.508 e. The molecule has 0 aliphatic rings. The summed E-state index contributed by atoms with van der Waals surface area (Å²) in [5, 5.41) is 20.4. The fourth-order valence-electron chi connectivity index (χ4n) is 1.94. The van der Waals surface area contributed by atoms with Crippen molar-refractivity contribution >= 4 is 11.6 Å². The maximum absolute atomic E-state index is 12.0. The van der Waals surface area contributed by atoms with Gasteiger partial charge < -0.3 is 5.11 Å². The third kappa shape index (κ3) is 3.58. The Morgan fingerprint density at radius 1 is 1.27 bits per heavy atom. The highest BCUT2D eigenvalue weighted by Gasteiger charge is 2.11. The third-order valence-electron chi connectivity index (χ3n) is 3.14. The van der Waals surface area contributed by atoms with E-state index < -0.39 is 4.92 Å². The van der Waals surface area contributed by atoms with E-state index in [0.717, 1.165) is 5.56 Å². The standard InChI is InChI=1S/C15H15N3O4/c1-10-4-2-3-5-13(10)15(20)17-16-9-11-8-12(18(21)22)6-7-14(11)19/h2-8,16,19H,9H2,1H3,(H,17,20). The second kappa shape index (κ2) is 6.68. The van der Waals surface area contributed by atoms with Crippen molar-refractivity contribution in [2.45, 2.75) is 13.5 Å². The third-order valence-corrected chi connectivity index (χ3v) is 3.14. The first-order valence-corrected chi connectivity index (χ1v) is 6.54. The Bertz CT molecular complexity index is 716. The van der Waals surface area contributed by atoms with E-state index in [4.69, 9.17) is 0 Å². The topological polar surface area (TPSA) is 104 Å². The summed E-state index contributed by atoms with van der Waals surface area (Å²) in [4.78, 5) is 22.1. The van der Waals surface area contributed by atoms with Crippen molar-refractivity contribution in [1.82, 2.24) is 10.9 Å². The summed E-state index contributed by atoms with van der Waals surface area (Å²) < 4.78 is 0. The predicted molar refractivity (Wildman–Crippen MR) is 80.2 cm³/mol. The molecule has 2 rings (SSSR count). The first-order valence-electron chi connectivity index (χ1n) is 6.54. The highest BCUT2D eigenvalue weighted by molar-refractivity contribution is 5.95. The van der Waals surface area contributed by atoms with E-state index >= 15 is 0 Å². The van der Waals surface area contributed by atoms with E-state index in [0.29, 0.717) is 11.1 Å². The summed E-state index contributed by atoms with van der Waals surface area (Å²) in [6.07, 6.45) is 0. The van der Waals surface area contributed by atoms with Crippen LogP contribution >= 0.6 is 0 Å². The Morgan fingerprint density at radius 3 is 2.68 bits per heavy atom. The lowest BCUT2D eigenvalue weighted by atomic mass is 10.1. The Labute approximate surface area is 126 Å². The lowest BCUT2D eigenvalue weighted by Gasteiger charge is -2.10. The van der Waals surface area contributed by atoms with Gasteiger partial charge in [0, 0.05) is 29.8 Å². The van der Waals surface area contributed by atoms with Gasteiger partial charge in [-0.25, -0.2) is 5.43 Å². The number of rotatable bonds is 5. The quantitative estimate of drug-likeness (QED) is 0.579. The molecule has 2 aromatic carbocycles. The van der Waals surface area contributed by atoms with Crippen LogP contribution in [0, 0.1) is 17.0 Å². The number of carbonyl (C=O) groups excluding carboxylic acids is 1. The minimum Gasteiger partial charge on any atom is -0.508 e. The van der Waals surface area contributed by atoms with Crippen LogP contribution in [0.5, 0.6) is 5.75 Å². The van der Waals surface area contributed by atoms with Gasteiger partial charge >= 0.3 is 0 Å². The molecule has 1 amide bonds. The van der Waals surface area contributed by atoms with Crippen LogP contribution in [0.2, 0.25) is 0 Å². The van der Waals surface area contributed by atoms with Gasteiger partial charge in [0.25, 0.3) is 11.6 Å². The number of nitrogens with zero attached hydrogens (tertiary/aromatic N) is 1. The SMILES string of the molecule is Cc1ccccc1C(=O)NNCc1cc([N+](=O)[O-])ccc1O. The van der Waals surface area contributed by atoms with Gasteiger partial charge in [-0.15, -0.1) is 0 Å². The number of non-ortho nitro benzene ring substituents is 1. The summed E-state index contributed by atoms with van der Waals surface area (Å²) in [6, 6.07) is 10.8. The van der Waals surface area contributed by atoms with Crippen molar-refractivity contribution in [2.75, 3.05) is 0 Å². The van der Waals surface area contributed by atoms with E-state index in [2.05, 4.69) is 10.9 Å². The molecule has 0 aliphatic carbocycles. The van der Waals surface area contributed by atoms with Gasteiger partial charge in [0.1, 0.15) is 5.75 Å². The molecule has 0 heterocycles. The minimum absolute atomic E-state index is 0.0606. The average molecular weight is 301 g/mol. The zero-order chi connectivity index (χ0) is 16.1. The second-order valence-corrected chi connectivity index (χ2v) is 4.69. The van der Waals surface area contributed by atoms with Crippen LogP contribution in [-0.2, 0) is 6.54 Å². The zero-order valence-corrected chi connectivity index (χ0v) is 11.9. The van der Waals surface area contributed by atoms with Gasteiger partial charge in [-0.05, 0) is 24.6 Å². The van der Waals surface area contributed by atoms with Crippen LogP contribution in [0.3, 0.4) is 0 Å². The summed E-state index contributed by atoms with van der Waals surface area (Å²) >= 11 is 0. The number of nitro groups is 1. The van der Waals surface area contributed by atoms with Crippen molar-refractivity contribution in [1.29, 1.82) is 0 Å². The molecule has 0 unspecified atom stereocenters. The van der Waals surface area contributed by atoms with Crippen LogP contribution < -0.4 is 10.9 Å². The number of aryl methyl sites for hydroxylation is 1. The average Bonchev–Trinajstić information content (AvgIpc) is 2.49. The summed E-state index contributed by atoms with van der Waals surface area (Å²) in [5.74, 6) is -0.397. The van der Waals surface area contributed by atoms with Crippen molar-refractivity contribution in [3.63, 3.8) is 0 Å². The number of hydrazine groups is 1. The number of benzene rings is 2. The van der Waals surface area contributed by atoms with Crippen molar-refractivity contribution in [3.8, 4) is 5.75 Å². The van der Waals surface area contributed by atoms with Crippen LogP contribution in [0.25, 0.3) is 0 Å². The van der Waals surface area contributed by atoms with Crippen LogP contribution in [0.1, 0.15) is 21.5 Å². The number of hydrogen-bond donors (Lipinski definition) is 3. The Hall–Kier alpha value is -2.93. The Kier molecular flexibility index (Phi) is 4.70. The molecule has 0 saturated heterocycles. The molecule has 7 heteroatoms. The second-order valence-electron chi connectivity index (χ2n) is 4.69. The Morgan fingerprint density at radius 2 is 2.00 bits per heavy atom. The highest BCUT2D eigenvalue weighted by Crippen LogP contribution is 2.22. The van der Waals surface area contributed by atoms with Crippen molar-refractivity contribution < 1.29 is 14.8 Å². The molecule has 0 aromatic heterocycles. The number of nitro benzene ring substituents is 1. The van der Waals surface area contributed by atoms with Gasteiger partial charge in [-0.2, -0.15) is 0 Å². The number of hydrogen-bond acceptors (Lipinski definition) is 5. The lowest BCUT2D eigenvalue weighted by molar-refractivity contribution is -0.384.